The molecule has 22 heavy (non-hydrogen) atoms. The molecule has 1 fully saturated rings. The van der Waals surface area contributed by atoms with E-state index in [2.05, 4.69) is 5.32 Å². The Morgan fingerprint density at radius 1 is 1.50 bits per heavy atom. The van der Waals surface area contributed by atoms with Gasteiger partial charge in [0.1, 0.15) is 0 Å². The number of rotatable bonds is 2. The number of anilines is 1. The van der Waals surface area contributed by atoms with E-state index in [1.54, 1.807) is 12.1 Å². The van der Waals surface area contributed by atoms with Crippen LogP contribution in [0.5, 0.6) is 0 Å². The summed E-state index contributed by atoms with van der Waals surface area (Å²) in [5, 5.41) is 11.9. The first-order chi connectivity index (χ1) is 10.4. The summed E-state index contributed by atoms with van der Waals surface area (Å²) in [7, 11) is 0. The van der Waals surface area contributed by atoms with E-state index in [9.17, 15) is 23.5 Å². The molecule has 1 atom stereocenters. The van der Waals surface area contributed by atoms with Gasteiger partial charge in [-0.05, 0) is 18.2 Å². The van der Waals surface area contributed by atoms with Crippen LogP contribution in [0.3, 0.4) is 0 Å². The van der Waals surface area contributed by atoms with Gasteiger partial charge < -0.3 is 15.3 Å². The summed E-state index contributed by atoms with van der Waals surface area (Å²) in [4.78, 5) is 25.7. The lowest BCUT2D eigenvalue weighted by atomic mass is 10.1. The molecule has 118 valence electrons. The number of carbonyl (C=O) groups is 2. The Bertz CT molecular complexity index is 639. The van der Waals surface area contributed by atoms with E-state index in [0.717, 1.165) is 9.80 Å². The number of carbonyl (C=O) groups excluding carboxylic acids is 2. The number of benzene rings is 1. The lowest BCUT2D eigenvalue weighted by Gasteiger charge is -2.23. The fourth-order valence-corrected chi connectivity index (χ4v) is 3.47. The average molecular weight is 328 g/mol. The van der Waals surface area contributed by atoms with E-state index < -0.39 is 37.4 Å². The van der Waals surface area contributed by atoms with Crippen LogP contribution >= 0.6 is 11.8 Å². The number of hydrogen-bond donors (Lipinski definition) is 2. The van der Waals surface area contributed by atoms with Crippen LogP contribution in [0.4, 0.5) is 14.5 Å². The Balaban J connectivity index is 1.86. The lowest BCUT2D eigenvalue weighted by Crippen LogP contribution is -2.38. The van der Waals surface area contributed by atoms with Gasteiger partial charge in [-0.25, -0.2) is 8.78 Å². The Hall–Kier alpha value is -1.67. The molecule has 0 spiro atoms. The number of fused-ring (bicyclic) bond motifs is 1. The first-order valence-corrected chi connectivity index (χ1v) is 7.74. The van der Waals surface area contributed by atoms with Gasteiger partial charge in [0.05, 0.1) is 30.6 Å². The summed E-state index contributed by atoms with van der Waals surface area (Å²) in [6.45, 7) is -1.20. The predicted molar refractivity (Wildman–Crippen MR) is 77.3 cm³/mol. The third-order valence-electron chi connectivity index (χ3n) is 3.71. The number of amides is 2. The standard InChI is InChI=1S/C14H14F2N2O3S/c15-14(16)4-9(5-19)18(7-14)13(21)8-1-2-11-10(3-8)17-12(20)6-22-11/h1-3,9,19H,4-7H2,(H,17,20). The minimum absolute atomic E-state index is 0.164. The monoisotopic (exact) mass is 328 g/mol. The van der Waals surface area contributed by atoms with Gasteiger partial charge in [-0.3, -0.25) is 9.59 Å². The molecule has 1 aromatic carbocycles. The summed E-state index contributed by atoms with van der Waals surface area (Å²) >= 11 is 1.36. The van der Waals surface area contributed by atoms with E-state index in [1.807, 2.05) is 0 Å². The van der Waals surface area contributed by atoms with Crippen molar-refractivity contribution in [3.05, 3.63) is 23.8 Å². The smallest absolute Gasteiger partial charge is 0.267 e. The third-order valence-corrected chi connectivity index (χ3v) is 4.78. The fraction of sp³-hybridized carbons (Fsp3) is 0.429. The second-order valence-corrected chi connectivity index (χ2v) is 6.39. The van der Waals surface area contributed by atoms with Crippen molar-refractivity contribution in [2.45, 2.75) is 23.3 Å². The van der Waals surface area contributed by atoms with Crippen LogP contribution < -0.4 is 5.32 Å². The highest BCUT2D eigenvalue weighted by Crippen LogP contribution is 2.35. The predicted octanol–water partition coefficient (Wildman–Crippen LogP) is 1.57. The van der Waals surface area contributed by atoms with Crippen molar-refractivity contribution in [2.75, 3.05) is 24.2 Å². The van der Waals surface area contributed by atoms with Crippen LogP contribution in [-0.4, -0.2) is 52.7 Å². The zero-order valence-electron chi connectivity index (χ0n) is 11.5. The van der Waals surface area contributed by atoms with Crippen molar-refractivity contribution < 1.29 is 23.5 Å². The van der Waals surface area contributed by atoms with Crippen molar-refractivity contribution in [1.29, 1.82) is 0 Å². The number of nitrogens with one attached hydrogen (secondary N) is 1. The van der Waals surface area contributed by atoms with Crippen molar-refractivity contribution in [2.24, 2.45) is 0 Å². The number of aliphatic hydroxyl groups is 1. The highest BCUT2D eigenvalue weighted by molar-refractivity contribution is 8.00. The quantitative estimate of drug-likeness (QED) is 0.865. The Kier molecular flexibility index (Phi) is 3.82. The van der Waals surface area contributed by atoms with Crippen molar-refractivity contribution in [3.8, 4) is 0 Å². The minimum Gasteiger partial charge on any atom is -0.394 e. The van der Waals surface area contributed by atoms with Crippen LogP contribution in [-0.2, 0) is 4.79 Å². The molecule has 2 heterocycles. The highest BCUT2D eigenvalue weighted by atomic mass is 32.2. The van der Waals surface area contributed by atoms with Gasteiger partial charge in [-0.15, -0.1) is 11.8 Å². The zero-order valence-corrected chi connectivity index (χ0v) is 12.3. The summed E-state index contributed by atoms with van der Waals surface area (Å²) < 4.78 is 26.9. The van der Waals surface area contributed by atoms with Gasteiger partial charge in [-0.2, -0.15) is 0 Å². The van der Waals surface area contributed by atoms with E-state index in [0.29, 0.717) is 11.4 Å². The number of aliphatic hydroxyl groups excluding tert-OH is 1. The highest BCUT2D eigenvalue weighted by Gasteiger charge is 2.46. The molecule has 1 saturated heterocycles. The second-order valence-electron chi connectivity index (χ2n) is 5.38. The van der Waals surface area contributed by atoms with E-state index >= 15 is 0 Å². The SMILES string of the molecule is O=C1CSc2ccc(C(=O)N3CC(F)(F)CC3CO)cc2N1. The first kappa shape index (κ1) is 15.2. The molecule has 2 amide bonds. The molecule has 3 rings (SSSR count). The Morgan fingerprint density at radius 3 is 3.00 bits per heavy atom. The molecule has 0 bridgehead atoms. The van der Waals surface area contributed by atoms with E-state index in [4.69, 9.17) is 0 Å². The summed E-state index contributed by atoms with van der Waals surface area (Å²) in [5.41, 5.74) is 0.733. The van der Waals surface area contributed by atoms with Gasteiger partial charge in [-0.1, -0.05) is 0 Å². The molecule has 2 aliphatic heterocycles. The van der Waals surface area contributed by atoms with Crippen LogP contribution in [0.25, 0.3) is 0 Å². The Morgan fingerprint density at radius 2 is 2.27 bits per heavy atom. The molecular formula is C14H14F2N2O3S. The van der Waals surface area contributed by atoms with Gasteiger partial charge in [0.2, 0.25) is 5.91 Å². The number of halogens is 2. The van der Waals surface area contributed by atoms with E-state index in [1.165, 1.54) is 17.8 Å². The van der Waals surface area contributed by atoms with Gasteiger partial charge in [0.25, 0.3) is 11.8 Å². The molecule has 1 aromatic rings. The third kappa shape index (κ3) is 2.80. The Labute approximate surface area is 129 Å². The fourth-order valence-electron chi connectivity index (χ4n) is 2.68. The molecule has 0 saturated carbocycles. The van der Waals surface area contributed by atoms with Gasteiger partial charge in [0, 0.05) is 16.9 Å². The van der Waals surface area contributed by atoms with Crippen LogP contribution in [0, 0.1) is 0 Å². The molecule has 5 nitrogen and oxygen atoms in total. The maximum Gasteiger partial charge on any atom is 0.267 e. The lowest BCUT2D eigenvalue weighted by molar-refractivity contribution is -0.113. The number of alkyl halides is 2. The molecule has 0 aromatic heterocycles. The summed E-state index contributed by atoms with van der Waals surface area (Å²) in [5.74, 6) is -3.40. The maximum absolute atomic E-state index is 13.5. The van der Waals surface area contributed by atoms with Crippen LogP contribution in [0.15, 0.2) is 23.1 Å². The average Bonchev–Trinajstić information content (AvgIpc) is 2.80. The number of hydrogen-bond acceptors (Lipinski definition) is 4. The van der Waals surface area contributed by atoms with Gasteiger partial charge in [0.15, 0.2) is 0 Å². The van der Waals surface area contributed by atoms with Crippen molar-refractivity contribution >= 4 is 29.3 Å². The molecule has 1 unspecified atom stereocenters. The second kappa shape index (κ2) is 5.51. The molecular weight excluding hydrogens is 314 g/mol. The molecule has 2 aliphatic rings. The van der Waals surface area contributed by atoms with E-state index in [-0.39, 0.29) is 11.5 Å². The molecule has 2 N–H and O–H groups in total. The zero-order chi connectivity index (χ0) is 15.9. The van der Waals surface area contributed by atoms with Crippen LogP contribution in [0.1, 0.15) is 16.8 Å². The molecule has 0 aliphatic carbocycles. The van der Waals surface area contributed by atoms with Crippen LogP contribution in [0.2, 0.25) is 0 Å². The van der Waals surface area contributed by atoms with Crippen molar-refractivity contribution in [1.82, 2.24) is 4.90 Å². The molecule has 8 heteroatoms. The maximum atomic E-state index is 13.5. The number of nitrogens with zero attached hydrogens (tertiary/aromatic N) is 1. The normalized spacial score (nSPS) is 23.1. The first-order valence-electron chi connectivity index (χ1n) is 6.76. The summed E-state index contributed by atoms with van der Waals surface area (Å²) in [6, 6.07) is 3.85. The molecule has 0 radical (unpaired) electrons. The number of thioether (sulfide) groups is 1. The topological polar surface area (TPSA) is 69.6 Å². The minimum atomic E-state index is -2.98. The largest absolute Gasteiger partial charge is 0.394 e. The van der Waals surface area contributed by atoms with Gasteiger partial charge >= 0.3 is 0 Å². The number of likely N-dealkylation sites (tertiary alicyclic amines) is 1. The summed E-state index contributed by atoms with van der Waals surface area (Å²) in [6.07, 6.45) is -0.535. The van der Waals surface area contributed by atoms with Crippen molar-refractivity contribution in [3.63, 3.8) is 0 Å².